The monoisotopic (exact) mass is 516 g/mol. The van der Waals surface area contributed by atoms with E-state index in [4.69, 9.17) is 0 Å². The minimum Gasteiger partial charge on any atom is -0.357 e. The van der Waals surface area contributed by atoms with Gasteiger partial charge in [-0.3, -0.25) is 0 Å². The van der Waals surface area contributed by atoms with Gasteiger partial charge >= 0.3 is 0 Å². The van der Waals surface area contributed by atoms with E-state index in [-0.39, 0.29) is 28.9 Å². The van der Waals surface area contributed by atoms with Gasteiger partial charge in [0.05, 0.1) is 11.4 Å². The third-order valence-corrected chi connectivity index (χ3v) is 5.67. The molecule has 0 aliphatic heterocycles. The summed E-state index contributed by atoms with van der Waals surface area (Å²) in [5, 5.41) is 3.29. The van der Waals surface area contributed by atoms with Gasteiger partial charge in [-0.2, -0.15) is 0 Å². The van der Waals surface area contributed by atoms with Crippen LogP contribution in [0.4, 0.5) is 0 Å². The van der Waals surface area contributed by atoms with Crippen LogP contribution in [0.25, 0.3) is 0 Å². The maximum atomic E-state index is 12.0. The second-order valence-corrected chi connectivity index (χ2v) is 8.19. The molecule has 0 fully saturated rings. The minimum atomic E-state index is -3.46. The van der Waals surface area contributed by atoms with Crippen molar-refractivity contribution in [1.82, 2.24) is 14.9 Å². The predicted molar refractivity (Wildman–Crippen MR) is 126 cm³/mol. The van der Waals surface area contributed by atoms with Crippen molar-refractivity contribution in [1.29, 1.82) is 0 Å². The molecule has 0 amide bonds. The van der Waals surface area contributed by atoms with Crippen LogP contribution in [0, 0.1) is 6.92 Å². The standard InChI is InChI=1S/C20H28N4O2S.HI/c1-5-22-20(24(4)15-18-11-7-6-9-16(18)2)23-14-17-10-8-12-19(13-17)27(25,26)21-3;/h6-13,21H,5,14-15H2,1-4H3,(H,22,23);1H. The molecule has 0 aromatic heterocycles. The highest BCUT2D eigenvalue weighted by Gasteiger charge is 2.12. The van der Waals surface area contributed by atoms with Gasteiger partial charge in [0.1, 0.15) is 0 Å². The molecule has 154 valence electrons. The molecule has 0 unspecified atom stereocenters. The van der Waals surface area contributed by atoms with Crippen molar-refractivity contribution in [3.8, 4) is 0 Å². The predicted octanol–water partition coefficient (Wildman–Crippen LogP) is 3.12. The Morgan fingerprint density at radius 2 is 1.86 bits per heavy atom. The largest absolute Gasteiger partial charge is 0.357 e. The SMILES string of the molecule is CCNC(=NCc1cccc(S(=O)(=O)NC)c1)N(C)Cc1ccccc1C.I. The molecular formula is C20H29IN4O2S. The molecule has 0 spiro atoms. The van der Waals surface area contributed by atoms with Gasteiger partial charge < -0.3 is 10.2 Å². The first-order valence-corrected chi connectivity index (χ1v) is 10.4. The number of aryl methyl sites for hydroxylation is 1. The lowest BCUT2D eigenvalue weighted by molar-refractivity contribution is 0.475. The molecule has 0 saturated carbocycles. The zero-order valence-corrected chi connectivity index (χ0v) is 19.9. The lowest BCUT2D eigenvalue weighted by Gasteiger charge is -2.23. The number of benzene rings is 2. The van der Waals surface area contributed by atoms with Gasteiger partial charge in [-0.25, -0.2) is 18.1 Å². The van der Waals surface area contributed by atoms with Crippen molar-refractivity contribution < 1.29 is 8.42 Å². The van der Waals surface area contributed by atoms with Crippen LogP contribution in [0.15, 0.2) is 58.4 Å². The maximum absolute atomic E-state index is 12.0. The summed E-state index contributed by atoms with van der Waals surface area (Å²) in [7, 11) is -0.0532. The van der Waals surface area contributed by atoms with E-state index in [0.717, 1.165) is 24.6 Å². The zero-order chi connectivity index (χ0) is 19.9. The Balaban J connectivity index is 0.00000392. The first-order valence-electron chi connectivity index (χ1n) is 8.93. The number of halogens is 1. The highest BCUT2D eigenvalue weighted by Crippen LogP contribution is 2.13. The van der Waals surface area contributed by atoms with Crippen molar-refractivity contribution in [2.24, 2.45) is 4.99 Å². The van der Waals surface area contributed by atoms with Crippen LogP contribution in [0.2, 0.25) is 0 Å². The second kappa shape index (κ2) is 11.4. The van der Waals surface area contributed by atoms with Crippen LogP contribution >= 0.6 is 24.0 Å². The average Bonchev–Trinajstić information content (AvgIpc) is 2.67. The fraction of sp³-hybridized carbons (Fsp3) is 0.350. The van der Waals surface area contributed by atoms with Crippen molar-refractivity contribution in [2.75, 3.05) is 20.6 Å². The summed E-state index contributed by atoms with van der Waals surface area (Å²) in [5.41, 5.74) is 3.32. The highest BCUT2D eigenvalue weighted by atomic mass is 127. The van der Waals surface area contributed by atoms with Gasteiger partial charge in [-0.15, -0.1) is 24.0 Å². The molecule has 0 saturated heterocycles. The normalized spacial score (nSPS) is 11.6. The summed E-state index contributed by atoms with van der Waals surface area (Å²) < 4.78 is 26.3. The molecule has 2 rings (SSSR count). The van der Waals surface area contributed by atoms with Gasteiger partial charge in [0, 0.05) is 20.1 Å². The number of hydrogen-bond acceptors (Lipinski definition) is 3. The van der Waals surface area contributed by atoms with Gasteiger partial charge in [-0.1, -0.05) is 36.4 Å². The van der Waals surface area contributed by atoms with Crippen LogP contribution in [0.3, 0.4) is 0 Å². The molecule has 2 aromatic rings. The molecule has 28 heavy (non-hydrogen) atoms. The van der Waals surface area contributed by atoms with E-state index in [2.05, 4.69) is 39.0 Å². The van der Waals surface area contributed by atoms with E-state index < -0.39 is 10.0 Å². The van der Waals surface area contributed by atoms with E-state index >= 15 is 0 Å². The molecule has 0 atom stereocenters. The third-order valence-electron chi connectivity index (χ3n) is 4.25. The Hall–Kier alpha value is -1.65. The second-order valence-electron chi connectivity index (χ2n) is 6.31. The summed E-state index contributed by atoms with van der Waals surface area (Å²) >= 11 is 0. The Labute approximate surface area is 185 Å². The smallest absolute Gasteiger partial charge is 0.240 e. The van der Waals surface area contributed by atoms with Crippen molar-refractivity contribution in [3.05, 3.63) is 65.2 Å². The Morgan fingerprint density at radius 3 is 2.50 bits per heavy atom. The summed E-state index contributed by atoms with van der Waals surface area (Å²) in [5.74, 6) is 0.780. The molecule has 0 bridgehead atoms. The van der Waals surface area contributed by atoms with Crippen molar-refractivity contribution in [2.45, 2.75) is 31.8 Å². The molecule has 6 nitrogen and oxygen atoms in total. The van der Waals surface area contributed by atoms with E-state index in [0.29, 0.717) is 6.54 Å². The molecule has 2 N–H and O–H groups in total. The summed E-state index contributed by atoms with van der Waals surface area (Å²) in [4.78, 5) is 6.99. The van der Waals surface area contributed by atoms with Gasteiger partial charge in [-0.05, 0) is 49.7 Å². The molecular weight excluding hydrogens is 487 g/mol. The molecule has 8 heteroatoms. The topological polar surface area (TPSA) is 73.8 Å². The fourth-order valence-corrected chi connectivity index (χ4v) is 3.48. The number of rotatable bonds is 7. The highest BCUT2D eigenvalue weighted by molar-refractivity contribution is 14.0. The van der Waals surface area contributed by atoms with E-state index in [1.165, 1.54) is 18.2 Å². The molecule has 0 radical (unpaired) electrons. The maximum Gasteiger partial charge on any atom is 0.240 e. The number of guanidine groups is 1. The van der Waals surface area contributed by atoms with Crippen LogP contribution in [0.5, 0.6) is 0 Å². The number of hydrogen-bond donors (Lipinski definition) is 2. The van der Waals surface area contributed by atoms with Gasteiger partial charge in [0.2, 0.25) is 10.0 Å². The van der Waals surface area contributed by atoms with Crippen LogP contribution in [-0.2, 0) is 23.1 Å². The Bertz CT molecular complexity index is 901. The summed E-state index contributed by atoms with van der Waals surface area (Å²) in [6.45, 7) is 6.02. The Kier molecular flexibility index (Phi) is 9.91. The minimum absolute atomic E-state index is 0. The molecule has 0 aliphatic rings. The molecule has 0 aliphatic carbocycles. The molecule has 2 aromatic carbocycles. The fourth-order valence-electron chi connectivity index (χ4n) is 2.68. The molecule has 0 heterocycles. The van der Waals surface area contributed by atoms with Gasteiger partial charge in [0.15, 0.2) is 5.96 Å². The zero-order valence-electron chi connectivity index (χ0n) is 16.8. The van der Waals surface area contributed by atoms with Crippen molar-refractivity contribution in [3.63, 3.8) is 0 Å². The van der Waals surface area contributed by atoms with E-state index in [9.17, 15) is 8.42 Å². The van der Waals surface area contributed by atoms with E-state index in [1.54, 1.807) is 18.2 Å². The number of sulfonamides is 1. The Morgan fingerprint density at radius 1 is 1.14 bits per heavy atom. The first-order chi connectivity index (χ1) is 12.9. The summed E-state index contributed by atoms with van der Waals surface area (Å²) in [6.07, 6.45) is 0. The number of aliphatic imine (C=N–C) groups is 1. The van der Waals surface area contributed by atoms with Crippen LogP contribution in [0.1, 0.15) is 23.6 Å². The van der Waals surface area contributed by atoms with E-state index in [1.807, 2.05) is 32.2 Å². The van der Waals surface area contributed by atoms with Crippen LogP contribution < -0.4 is 10.0 Å². The third kappa shape index (κ3) is 6.75. The number of nitrogens with one attached hydrogen (secondary N) is 2. The summed E-state index contributed by atoms with van der Waals surface area (Å²) in [6, 6.07) is 15.1. The lowest BCUT2D eigenvalue weighted by Crippen LogP contribution is -2.38. The number of nitrogens with zero attached hydrogens (tertiary/aromatic N) is 2. The van der Waals surface area contributed by atoms with Crippen molar-refractivity contribution >= 4 is 40.0 Å². The quantitative estimate of drug-likeness (QED) is 0.337. The first kappa shape index (κ1) is 24.4. The van der Waals surface area contributed by atoms with Crippen LogP contribution in [-0.4, -0.2) is 39.9 Å². The lowest BCUT2D eigenvalue weighted by atomic mass is 10.1. The van der Waals surface area contributed by atoms with Gasteiger partial charge in [0.25, 0.3) is 0 Å². The average molecular weight is 516 g/mol.